The maximum Gasteiger partial charge on any atom is 0.471 e. The molecule has 0 atom stereocenters. The summed E-state index contributed by atoms with van der Waals surface area (Å²) in [6, 6.07) is 3.92. The monoisotopic (exact) mass is 471 g/mol. The van der Waals surface area contributed by atoms with Crippen molar-refractivity contribution in [1.29, 1.82) is 0 Å². The average Bonchev–Trinajstić information content (AvgIpc) is 3.07. The third kappa shape index (κ3) is 5.82. The smallest absolute Gasteiger partial charge is 0.409 e. The van der Waals surface area contributed by atoms with E-state index >= 15 is 0 Å². The predicted molar refractivity (Wildman–Crippen MR) is 90.1 cm³/mol. The van der Waals surface area contributed by atoms with E-state index in [1.54, 1.807) is 5.32 Å². The molecule has 0 radical (unpaired) electrons. The summed E-state index contributed by atoms with van der Waals surface area (Å²) in [6.45, 7) is -0.292. The van der Waals surface area contributed by atoms with Crippen LogP contribution in [0.15, 0.2) is 37.5 Å². The number of rotatable bonds is 6. The molecule has 3 N–H and O–H groups in total. The molecule has 0 unspecified atom stereocenters. The van der Waals surface area contributed by atoms with Gasteiger partial charge < -0.3 is 15.8 Å². The van der Waals surface area contributed by atoms with Gasteiger partial charge in [0.15, 0.2) is 10.7 Å². The van der Waals surface area contributed by atoms with E-state index in [1.165, 1.54) is 18.2 Å². The number of alkyl halides is 3. The standard InChI is InChI=1S/C13H10BrF4N5O3S/c14-7-5-6(1-2-8(7)15)20-10(21-25)9-11(23-26-22-9)27-4-3-19-12(24)13(16,17)18/h1-2,5,25H,3-4H2,(H,19,24)(H,20,21). The Hall–Kier alpha value is -2.35. The van der Waals surface area contributed by atoms with E-state index < -0.39 is 17.9 Å². The molecule has 0 aliphatic rings. The second-order valence-electron chi connectivity index (χ2n) is 4.72. The lowest BCUT2D eigenvalue weighted by Gasteiger charge is -2.08. The molecule has 1 aromatic carbocycles. The largest absolute Gasteiger partial charge is 0.471 e. The summed E-state index contributed by atoms with van der Waals surface area (Å²) < 4.78 is 54.3. The van der Waals surface area contributed by atoms with E-state index in [9.17, 15) is 27.6 Å². The number of anilines is 1. The molecule has 0 aliphatic heterocycles. The van der Waals surface area contributed by atoms with Gasteiger partial charge in [0, 0.05) is 18.0 Å². The van der Waals surface area contributed by atoms with Gasteiger partial charge in [-0.2, -0.15) is 13.2 Å². The van der Waals surface area contributed by atoms with Crippen molar-refractivity contribution in [2.45, 2.75) is 11.2 Å². The van der Waals surface area contributed by atoms with Gasteiger partial charge >= 0.3 is 12.1 Å². The van der Waals surface area contributed by atoms with Crippen molar-refractivity contribution in [2.75, 3.05) is 17.6 Å². The minimum atomic E-state index is -4.96. The number of thioether (sulfide) groups is 1. The first-order chi connectivity index (χ1) is 12.7. The molecule has 27 heavy (non-hydrogen) atoms. The molecule has 2 rings (SSSR count). The first-order valence-electron chi connectivity index (χ1n) is 6.97. The number of nitrogens with one attached hydrogen (secondary N) is 2. The number of aromatic nitrogens is 2. The van der Waals surface area contributed by atoms with E-state index in [2.05, 4.69) is 41.3 Å². The van der Waals surface area contributed by atoms with Crippen molar-refractivity contribution < 1.29 is 32.2 Å². The Balaban J connectivity index is 1.99. The summed E-state index contributed by atoms with van der Waals surface area (Å²) in [5.74, 6) is -2.72. The zero-order chi connectivity index (χ0) is 20.0. The highest BCUT2D eigenvalue weighted by molar-refractivity contribution is 9.10. The number of amides is 1. The highest BCUT2D eigenvalue weighted by atomic mass is 79.9. The molecule has 0 bridgehead atoms. The van der Waals surface area contributed by atoms with Crippen LogP contribution in [0.3, 0.4) is 0 Å². The maximum absolute atomic E-state index is 13.3. The van der Waals surface area contributed by atoms with Gasteiger partial charge in [0.25, 0.3) is 0 Å². The summed E-state index contributed by atoms with van der Waals surface area (Å²) in [5, 5.41) is 23.8. The van der Waals surface area contributed by atoms with E-state index in [0.717, 1.165) is 11.8 Å². The average molecular weight is 472 g/mol. The Morgan fingerprint density at radius 2 is 2.11 bits per heavy atom. The molecule has 0 fully saturated rings. The van der Waals surface area contributed by atoms with E-state index in [1.807, 2.05) is 0 Å². The van der Waals surface area contributed by atoms with Crippen LogP contribution in [0, 0.1) is 5.82 Å². The Kier molecular flexibility index (Phi) is 7.01. The van der Waals surface area contributed by atoms with Crippen LogP contribution in [-0.4, -0.2) is 45.7 Å². The lowest BCUT2D eigenvalue weighted by atomic mass is 10.3. The van der Waals surface area contributed by atoms with E-state index in [4.69, 9.17) is 0 Å². The van der Waals surface area contributed by atoms with Crippen molar-refractivity contribution in [2.24, 2.45) is 5.16 Å². The predicted octanol–water partition coefficient (Wildman–Crippen LogP) is 2.99. The molecule has 1 amide bonds. The highest BCUT2D eigenvalue weighted by Gasteiger charge is 2.38. The first kappa shape index (κ1) is 21.0. The quantitative estimate of drug-likeness (QED) is 0.113. The first-order valence-corrected chi connectivity index (χ1v) is 8.75. The van der Waals surface area contributed by atoms with Gasteiger partial charge in [-0.25, -0.2) is 9.02 Å². The zero-order valence-electron chi connectivity index (χ0n) is 13.0. The van der Waals surface area contributed by atoms with Crippen LogP contribution in [0.25, 0.3) is 0 Å². The summed E-state index contributed by atoms with van der Waals surface area (Å²) in [4.78, 5) is 10.7. The van der Waals surface area contributed by atoms with Gasteiger partial charge in [-0.3, -0.25) is 4.79 Å². The lowest BCUT2D eigenvalue weighted by molar-refractivity contribution is -0.173. The van der Waals surface area contributed by atoms with Crippen LogP contribution in [0.4, 0.5) is 23.2 Å². The van der Waals surface area contributed by atoms with E-state index in [-0.39, 0.29) is 33.3 Å². The number of carbonyl (C=O) groups excluding carboxylic acids is 1. The molecule has 0 spiro atoms. The Morgan fingerprint density at radius 1 is 1.37 bits per heavy atom. The van der Waals surface area contributed by atoms with Crippen LogP contribution in [0.5, 0.6) is 0 Å². The molecule has 2 aromatic rings. The molecule has 0 aliphatic carbocycles. The number of benzene rings is 1. The lowest BCUT2D eigenvalue weighted by Crippen LogP contribution is -2.37. The SMILES string of the molecule is O=C(NCCSc1nonc1/C(=N/O)Nc1ccc(F)c(Br)c1)C(F)(F)F. The molecule has 1 heterocycles. The molecular weight excluding hydrogens is 462 g/mol. The minimum absolute atomic E-state index is 0.0177. The van der Waals surface area contributed by atoms with Crippen molar-refractivity contribution in [3.8, 4) is 0 Å². The fourth-order valence-corrected chi connectivity index (χ4v) is 2.81. The minimum Gasteiger partial charge on any atom is -0.409 e. The van der Waals surface area contributed by atoms with Crippen LogP contribution < -0.4 is 10.6 Å². The Bertz CT molecular complexity index is 846. The van der Waals surface area contributed by atoms with Crippen LogP contribution in [-0.2, 0) is 4.79 Å². The molecular formula is C13H10BrF4N5O3S. The summed E-state index contributed by atoms with van der Waals surface area (Å²) in [5.41, 5.74) is 0.331. The fraction of sp³-hybridized carbons (Fsp3) is 0.231. The molecule has 8 nitrogen and oxygen atoms in total. The zero-order valence-corrected chi connectivity index (χ0v) is 15.5. The van der Waals surface area contributed by atoms with Crippen LogP contribution >= 0.6 is 27.7 Å². The van der Waals surface area contributed by atoms with E-state index in [0.29, 0.717) is 5.69 Å². The number of halogens is 5. The molecule has 0 saturated heterocycles. The van der Waals surface area contributed by atoms with Crippen molar-refractivity contribution in [1.82, 2.24) is 15.6 Å². The summed E-state index contributed by atoms with van der Waals surface area (Å²) in [6.07, 6.45) is -4.96. The van der Waals surface area contributed by atoms with Gasteiger partial charge in [0.1, 0.15) is 5.82 Å². The third-order valence-corrected chi connectivity index (χ3v) is 4.41. The third-order valence-electron chi connectivity index (χ3n) is 2.85. The number of hydrogen-bond acceptors (Lipinski definition) is 7. The van der Waals surface area contributed by atoms with Crippen molar-refractivity contribution >= 4 is 45.1 Å². The number of oxime groups is 1. The van der Waals surface area contributed by atoms with Crippen molar-refractivity contribution in [3.63, 3.8) is 0 Å². The Labute approximate surface area is 161 Å². The Morgan fingerprint density at radius 3 is 2.74 bits per heavy atom. The van der Waals surface area contributed by atoms with Crippen LogP contribution in [0.2, 0.25) is 0 Å². The van der Waals surface area contributed by atoms with Gasteiger partial charge in [0.05, 0.1) is 4.47 Å². The number of nitrogens with zero attached hydrogens (tertiary/aromatic N) is 3. The molecule has 14 heteroatoms. The van der Waals surface area contributed by atoms with Crippen molar-refractivity contribution in [3.05, 3.63) is 34.2 Å². The summed E-state index contributed by atoms with van der Waals surface area (Å²) >= 11 is 3.92. The topological polar surface area (TPSA) is 113 Å². The second kappa shape index (κ2) is 9.03. The number of carbonyl (C=O) groups is 1. The summed E-state index contributed by atoms with van der Waals surface area (Å²) in [7, 11) is 0. The molecule has 146 valence electrons. The second-order valence-corrected chi connectivity index (χ2v) is 6.66. The molecule has 1 aromatic heterocycles. The number of hydrogen-bond donors (Lipinski definition) is 3. The normalized spacial score (nSPS) is 12.1. The van der Waals surface area contributed by atoms with Gasteiger partial charge in [0.2, 0.25) is 5.84 Å². The maximum atomic E-state index is 13.3. The van der Waals surface area contributed by atoms with Crippen LogP contribution in [0.1, 0.15) is 5.69 Å². The highest BCUT2D eigenvalue weighted by Crippen LogP contribution is 2.23. The molecule has 0 saturated carbocycles. The van der Waals surface area contributed by atoms with Gasteiger partial charge in [-0.1, -0.05) is 16.9 Å². The van der Waals surface area contributed by atoms with Gasteiger partial charge in [-0.15, -0.1) is 0 Å². The fourth-order valence-electron chi connectivity index (χ4n) is 1.67. The number of amidine groups is 1. The van der Waals surface area contributed by atoms with Gasteiger partial charge in [-0.05, 0) is 44.4 Å².